The zero-order chi connectivity index (χ0) is 9.42. The Morgan fingerprint density at radius 1 is 1.69 bits per heavy atom. The van der Waals surface area contributed by atoms with E-state index >= 15 is 0 Å². The van der Waals surface area contributed by atoms with Crippen LogP contribution in [0.4, 0.5) is 0 Å². The van der Waals surface area contributed by atoms with Crippen molar-refractivity contribution in [3.8, 4) is 5.88 Å². The molecule has 5 heteroatoms. The van der Waals surface area contributed by atoms with Crippen molar-refractivity contribution in [1.82, 2.24) is 14.6 Å². The van der Waals surface area contributed by atoms with Crippen LogP contribution in [0, 0.1) is 0 Å². The lowest BCUT2D eigenvalue weighted by Gasteiger charge is -2.01. The van der Waals surface area contributed by atoms with Crippen molar-refractivity contribution in [1.29, 1.82) is 0 Å². The molecule has 0 aliphatic rings. The van der Waals surface area contributed by atoms with E-state index in [0.29, 0.717) is 17.6 Å². The van der Waals surface area contributed by atoms with Gasteiger partial charge in [0.25, 0.3) is 5.56 Å². The third-order valence-electron chi connectivity index (χ3n) is 1.98. The van der Waals surface area contributed by atoms with Gasteiger partial charge in [0.15, 0.2) is 0 Å². The fourth-order valence-corrected chi connectivity index (χ4v) is 1.31. The highest BCUT2D eigenvalue weighted by atomic mass is 16.3. The van der Waals surface area contributed by atoms with Crippen molar-refractivity contribution >= 4 is 5.65 Å². The number of fused-ring (bicyclic) bond motifs is 1. The Labute approximate surface area is 73.6 Å². The first kappa shape index (κ1) is 7.85. The summed E-state index contributed by atoms with van der Waals surface area (Å²) in [7, 11) is 0. The second kappa shape index (κ2) is 2.62. The third kappa shape index (κ3) is 1.00. The minimum atomic E-state index is -0.256. The van der Waals surface area contributed by atoms with Crippen LogP contribution in [-0.4, -0.2) is 19.7 Å². The number of hydrogen-bond acceptors (Lipinski definition) is 3. The number of nitrogens with zero attached hydrogens (tertiary/aromatic N) is 2. The summed E-state index contributed by atoms with van der Waals surface area (Å²) in [6.07, 6.45) is 2.00. The monoisotopic (exact) mass is 179 g/mol. The van der Waals surface area contributed by atoms with Crippen LogP contribution >= 0.6 is 0 Å². The number of hydrogen-bond donors (Lipinski definition) is 2. The lowest BCUT2D eigenvalue weighted by molar-refractivity contribution is 0.427. The summed E-state index contributed by atoms with van der Waals surface area (Å²) in [5.41, 5.74) is 0.601. The smallest absolute Gasteiger partial charge is 0.258 e. The van der Waals surface area contributed by atoms with Crippen molar-refractivity contribution in [2.45, 2.75) is 13.3 Å². The molecule has 2 rings (SSSR count). The SMILES string of the molecule is CCc1c(O)n2nccc2[nH]c1=O. The molecule has 68 valence electrons. The molecule has 0 atom stereocenters. The molecule has 13 heavy (non-hydrogen) atoms. The second-order valence-electron chi connectivity index (χ2n) is 2.74. The molecule has 0 fully saturated rings. The number of aromatic nitrogens is 3. The molecule has 0 spiro atoms. The lowest BCUT2D eigenvalue weighted by Crippen LogP contribution is -2.14. The Kier molecular flexibility index (Phi) is 1.58. The Balaban J connectivity index is 2.93. The minimum Gasteiger partial charge on any atom is -0.493 e. The van der Waals surface area contributed by atoms with Crippen molar-refractivity contribution in [2.24, 2.45) is 0 Å². The zero-order valence-electron chi connectivity index (χ0n) is 7.11. The maximum absolute atomic E-state index is 11.3. The van der Waals surface area contributed by atoms with Gasteiger partial charge in [0.1, 0.15) is 5.65 Å². The van der Waals surface area contributed by atoms with Gasteiger partial charge in [-0.1, -0.05) is 6.92 Å². The van der Waals surface area contributed by atoms with Gasteiger partial charge >= 0.3 is 0 Å². The van der Waals surface area contributed by atoms with E-state index < -0.39 is 0 Å². The molecule has 0 aliphatic carbocycles. The van der Waals surface area contributed by atoms with Crippen LogP contribution in [-0.2, 0) is 6.42 Å². The van der Waals surface area contributed by atoms with Gasteiger partial charge in [-0.2, -0.15) is 9.61 Å². The second-order valence-corrected chi connectivity index (χ2v) is 2.74. The number of aromatic hydroxyl groups is 1. The van der Waals surface area contributed by atoms with Gasteiger partial charge in [0.2, 0.25) is 5.88 Å². The molecule has 2 N–H and O–H groups in total. The van der Waals surface area contributed by atoms with Crippen LogP contribution in [0.15, 0.2) is 17.1 Å². The van der Waals surface area contributed by atoms with Gasteiger partial charge in [0.05, 0.1) is 11.8 Å². The summed E-state index contributed by atoms with van der Waals surface area (Å²) in [5.74, 6) is -0.0775. The zero-order valence-corrected chi connectivity index (χ0v) is 7.11. The van der Waals surface area contributed by atoms with E-state index in [1.54, 1.807) is 13.0 Å². The van der Waals surface area contributed by atoms with Crippen LogP contribution in [0.5, 0.6) is 5.88 Å². The average Bonchev–Trinajstić information content (AvgIpc) is 2.53. The molecule has 0 unspecified atom stereocenters. The molecule has 0 saturated heterocycles. The highest BCUT2D eigenvalue weighted by Gasteiger charge is 2.09. The number of rotatable bonds is 1. The summed E-state index contributed by atoms with van der Waals surface area (Å²) < 4.78 is 1.31. The van der Waals surface area contributed by atoms with Gasteiger partial charge in [-0.15, -0.1) is 0 Å². The molecule has 2 heterocycles. The molecule has 0 saturated carbocycles. The molecule has 0 aromatic carbocycles. The minimum absolute atomic E-state index is 0.0775. The van der Waals surface area contributed by atoms with Gasteiger partial charge in [0, 0.05) is 6.07 Å². The van der Waals surface area contributed by atoms with Gasteiger partial charge < -0.3 is 10.1 Å². The van der Waals surface area contributed by atoms with Crippen molar-refractivity contribution in [3.05, 3.63) is 28.2 Å². The van der Waals surface area contributed by atoms with Crippen LogP contribution in [0.2, 0.25) is 0 Å². The van der Waals surface area contributed by atoms with Gasteiger partial charge in [-0.05, 0) is 6.42 Å². The first-order valence-electron chi connectivity index (χ1n) is 4.02. The van der Waals surface area contributed by atoms with E-state index in [1.807, 2.05) is 0 Å². The maximum atomic E-state index is 11.3. The molecular weight excluding hydrogens is 170 g/mol. The first-order valence-corrected chi connectivity index (χ1v) is 4.02. The van der Waals surface area contributed by atoms with E-state index in [1.165, 1.54) is 10.7 Å². The van der Waals surface area contributed by atoms with Crippen LogP contribution in [0.3, 0.4) is 0 Å². The summed E-state index contributed by atoms with van der Waals surface area (Å²) in [6.45, 7) is 1.81. The average molecular weight is 179 g/mol. The predicted octanol–water partition coefficient (Wildman–Crippen LogP) is 0.291. The fraction of sp³-hybridized carbons (Fsp3) is 0.250. The molecule has 2 aromatic rings. The summed E-state index contributed by atoms with van der Waals surface area (Å²) in [6, 6.07) is 1.63. The number of H-pyrrole nitrogens is 1. The summed E-state index contributed by atoms with van der Waals surface area (Å²) >= 11 is 0. The molecule has 0 bridgehead atoms. The standard InChI is InChI=1S/C8H9N3O2/c1-2-5-7(12)10-6-3-4-9-11(6)8(5)13/h3-4,13H,2H2,1H3,(H,10,12). The largest absolute Gasteiger partial charge is 0.493 e. The molecule has 5 nitrogen and oxygen atoms in total. The highest BCUT2D eigenvalue weighted by Crippen LogP contribution is 2.12. The van der Waals surface area contributed by atoms with E-state index in [-0.39, 0.29) is 11.4 Å². The quantitative estimate of drug-likeness (QED) is 0.661. The van der Waals surface area contributed by atoms with Crippen LogP contribution < -0.4 is 5.56 Å². The third-order valence-corrected chi connectivity index (χ3v) is 1.98. The van der Waals surface area contributed by atoms with Crippen LogP contribution in [0.25, 0.3) is 5.65 Å². The Bertz CT molecular complexity index is 498. The summed E-state index contributed by atoms with van der Waals surface area (Å²) in [4.78, 5) is 13.9. The van der Waals surface area contributed by atoms with Crippen molar-refractivity contribution < 1.29 is 5.11 Å². The maximum Gasteiger partial charge on any atom is 0.258 e. The molecular formula is C8H9N3O2. The van der Waals surface area contributed by atoms with Crippen molar-refractivity contribution in [3.63, 3.8) is 0 Å². The molecule has 0 radical (unpaired) electrons. The van der Waals surface area contributed by atoms with E-state index in [2.05, 4.69) is 10.1 Å². The lowest BCUT2D eigenvalue weighted by atomic mass is 10.2. The number of nitrogens with one attached hydrogen (secondary N) is 1. The van der Waals surface area contributed by atoms with E-state index in [9.17, 15) is 9.90 Å². The number of aromatic amines is 1. The van der Waals surface area contributed by atoms with Crippen LogP contribution in [0.1, 0.15) is 12.5 Å². The highest BCUT2D eigenvalue weighted by molar-refractivity contribution is 5.41. The summed E-state index contributed by atoms with van der Waals surface area (Å²) in [5, 5.41) is 13.5. The first-order chi connectivity index (χ1) is 6.24. The Morgan fingerprint density at radius 2 is 2.46 bits per heavy atom. The van der Waals surface area contributed by atoms with E-state index in [4.69, 9.17) is 0 Å². The molecule has 2 aromatic heterocycles. The van der Waals surface area contributed by atoms with Gasteiger partial charge in [-0.3, -0.25) is 4.79 Å². The van der Waals surface area contributed by atoms with Gasteiger partial charge in [-0.25, -0.2) is 0 Å². The predicted molar refractivity (Wildman–Crippen MR) is 46.9 cm³/mol. The fourth-order valence-electron chi connectivity index (χ4n) is 1.31. The Hall–Kier alpha value is -1.78. The van der Waals surface area contributed by atoms with Crippen molar-refractivity contribution in [2.75, 3.05) is 0 Å². The van der Waals surface area contributed by atoms with E-state index in [0.717, 1.165) is 0 Å². The topological polar surface area (TPSA) is 70.4 Å². The molecule has 0 aliphatic heterocycles. The normalized spacial score (nSPS) is 10.8. The Morgan fingerprint density at radius 3 is 3.15 bits per heavy atom. The molecule has 0 amide bonds.